The van der Waals surface area contributed by atoms with Crippen LogP contribution >= 0.6 is 0 Å². The van der Waals surface area contributed by atoms with Crippen molar-refractivity contribution in [3.63, 3.8) is 0 Å². The molecule has 2 unspecified atom stereocenters. The van der Waals surface area contributed by atoms with Crippen LogP contribution in [0.3, 0.4) is 0 Å². The average molecular weight is 292 g/mol. The van der Waals surface area contributed by atoms with Gasteiger partial charge in [-0.25, -0.2) is 4.39 Å². The minimum atomic E-state index is -0.250. The maximum atomic E-state index is 13.3. The highest BCUT2D eigenvalue weighted by Gasteiger charge is 2.32. The lowest BCUT2D eigenvalue weighted by Crippen LogP contribution is -2.46. The standard InChI is InChI=1S/C16H25FN4/c1-12(13-8-14(17)10-19-9-13)21-7-4-16(11-21)20-5-2-15(18)3-6-20/h8-10,12,15-16H,2-7,11,18H2,1H3. The van der Waals surface area contributed by atoms with Crippen LogP contribution in [0.5, 0.6) is 0 Å². The predicted octanol–water partition coefficient (Wildman–Crippen LogP) is 1.78. The number of hydrogen-bond acceptors (Lipinski definition) is 4. The van der Waals surface area contributed by atoms with E-state index in [0.717, 1.165) is 44.6 Å². The van der Waals surface area contributed by atoms with E-state index in [0.29, 0.717) is 12.1 Å². The molecule has 0 bridgehead atoms. The Morgan fingerprint density at radius 3 is 2.71 bits per heavy atom. The first kappa shape index (κ1) is 14.9. The monoisotopic (exact) mass is 292 g/mol. The zero-order valence-corrected chi connectivity index (χ0v) is 12.7. The molecule has 0 aliphatic carbocycles. The first-order valence-electron chi connectivity index (χ1n) is 7.97. The minimum Gasteiger partial charge on any atom is -0.328 e. The number of aromatic nitrogens is 1. The van der Waals surface area contributed by atoms with Crippen LogP contribution in [0.15, 0.2) is 18.5 Å². The Bertz CT molecular complexity index is 473. The summed E-state index contributed by atoms with van der Waals surface area (Å²) in [5.41, 5.74) is 6.95. The van der Waals surface area contributed by atoms with Crippen LogP contribution < -0.4 is 5.73 Å². The Hall–Kier alpha value is -1.04. The summed E-state index contributed by atoms with van der Waals surface area (Å²) in [5, 5.41) is 0. The molecule has 2 saturated heterocycles. The number of pyridine rings is 1. The molecule has 0 spiro atoms. The van der Waals surface area contributed by atoms with Crippen molar-refractivity contribution in [1.29, 1.82) is 0 Å². The van der Waals surface area contributed by atoms with E-state index in [1.807, 2.05) is 0 Å². The van der Waals surface area contributed by atoms with Gasteiger partial charge in [0.15, 0.2) is 0 Å². The first-order chi connectivity index (χ1) is 10.1. The smallest absolute Gasteiger partial charge is 0.141 e. The summed E-state index contributed by atoms with van der Waals surface area (Å²) < 4.78 is 13.3. The van der Waals surface area contributed by atoms with E-state index in [9.17, 15) is 4.39 Å². The summed E-state index contributed by atoms with van der Waals surface area (Å²) in [4.78, 5) is 8.99. The number of likely N-dealkylation sites (tertiary alicyclic amines) is 2. The number of piperidine rings is 1. The Balaban J connectivity index is 1.59. The van der Waals surface area contributed by atoms with E-state index < -0.39 is 0 Å². The minimum absolute atomic E-state index is 0.227. The maximum absolute atomic E-state index is 13.3. The van der Waals surface area contributed by atoms with Gasteiger partial charge in [0, 0.05) is 37.4 Å². The topological polar surface area (TPSA) is 45.4 Å². The zero-order chi connectivity index (χ0) is 14.8. The summed E-state index contributed by atoms with van der Waals surface area (Å²) in [6.07, 6.45) is 6.46. The van der Waals surface area contributed by atoms with Crippen LogP contribution in [0.1, 0.15) is 37.8 Å². The van der Waals surface area contributed by atoms with Gasteiger partial charge in [0.25, 0.3) is 0 Å². The lowest BCUT2D eigenvalue weighted by atomic mass is 10.0. The molecule has 2 N–H and O–H groups in total. The second-order valence-corrected chi connectivity index (χ2v) is 6.42. The molecular weight excluding hydrogens is 267 g/mol. The highest BCUT2D eigenvalue weighted by atomic mass is 19.1. The van der Waals surface area contributed by atoms with Crippen molar-refractivity contribution in [2.75, 3.05) is 26.2 Å². The molecule has 0 radical (unpaired) electrons. The summed E-state index contributed by atoms with van der Waals surface area (Å²) in [6.45, 7) is 6.52. The van der Waals surface area contributed by atoms with Crippen molar-refractivity contribution in [3.05, 3.63) is 29.8 Å². The van der Waals surface area contributed by atoms with Crippen molar-refractivity contribution in [2.45, 2.75) is 44.3 Å². The van der Waals surface area contributed by atoms with Gasteiger partial charge < -0.3 is 5.73 Å². The van der Waals surface area contributed by atoms with E-state index in [-0.39, 0.29) is 11.9 Å². The number of rotatable bonds is 3. The summed E-state index contributed by atoms with van der Waals surface area (Å²) in [5.74, 6) is -0.250. The first-order valence-corrected chi connectivity index (χ1v) is 7.97. The molecule has 3 rings (SSSR count). The van der Waals surface area contributed by atoms with E-state index in [1.165, 1.54) is 12.6 Å². The largest absolute Gasteiger partial charge is 0.328 e. The fourth-order valence-electron chi connectivity index (χ4n) is 3.57. The van der Waals surface area contributed by atoms with Crippen molar-refractivity contribution >= 4 is 0 Å². The fraction of sp³-hybridized carbons (Fsp3) is 0.688. The van der Waals surface area contributed by atoms with Gasteiger partial charge in [-0.1, -0.05) is 0 Å². The van der Waals surface area contributed by atoms with Crippen LogP contribution in [0.2, 0.25) is 0 Å². The van der Waals surface area contributed by atoms with Crippen LogP contribution in [0.25, 0.3) is 0 Å². The number of hydrogen-bond donors (Lipinski definition) is 1. The predicted molar refractivity (Wildman–Crippen MR) is 81.4 cm³/mol. The second kappa shape index (κ2) is 6.38. The molecule has 1 aromatic heterocycles. The highest BCUT2D eigenvalue weighted by molar-refractivity contribution is 5.15. The SMILES string of the molecule is CC(c1cncc(F)c1)N1CCC(N2CCC(N)CC2)C1. The quantitative estimate of drug-likeness (QED) is 0.922. The Kier molecular flexibility index (Phi) is 4.52. The normalized spacial score (nSPS) is 27.1. The third-order valence-corrected chi connectivity index (χ3v) is 5.04. The third kappa shape index (κ3) is 3.42. The molecule has 3 heterocycles. The zero-order valence-electron chi connectivity index (χ0n) is 12.7. The Labute approximate surface area is 126 Å². The molecule has 116 valence electrons. The van der Waals surface area contributed by atoms with Gasteiger partial charge in [0.1, 0.15) is 5.82 Å². The molecule has 0 saturated carbocycles. The molecule has 0 amide bonds. The van der Waals surface area contributed by atoms with Gasteiger partial charge >= 0.3 is 0 Å². The summed E-state index contributed by atoms with van der Waals surface area (Å²) in [6, 6.07) is 2.84. The van der Waals surface area contributed by atoms with E-state index in [1.54, 1.807) is 12.3 Å². The van der Waals surface area contributed by atoms with Crippen molar-refractivity contribution in [3.8, 4) is 0 Å². The molecule has 21 heavy (non-hydrogen) atoms. The van der Waals surface area contributed by atoms with Crippen molar-refractivity contribution < 1.29 is 4.39 Å². The molecule has 4 nitrogen and oxygen atoms in total. The molecule has 2 fully saturated rings. The molecule has 2 aliphatic rings. The number of nitrogens with zero attached hydrogens (tertiary/aromatic N) is 3. The second-order valence-electron chi connectivity index (χ2n) is 6.42. The number of halogens is 1. The molecule has 5 heteroatoms. The van der Waals surface area contributed by atoms with Gasteiger partial charge in [-0.2, -0.15) is 0 Å². The van der Waals surface area contributed by atoms with Gasteiger partial charge in [-0.3, -0.25) is 14.8 Å². The Morgan fingerprint density at radius 2 is 2.00 bits per heavy atom. The summed E-state index contributed by atoms with van der Waals surface area (Å²) in [7, 11) is 0. The van der Waals surface area contributed by atoms with Gasteiger partial charge in [-0.15, -0.1) is 0 Å². The third-order valence-electron chi connectivity index (χ3n) is 5.04. The molecular formula is C16H25FN4. The maximum Gasteiger partial charge on any atom is 0.141 e. The van der Waals surface area contributed by atoms with Crippen LogP contribution in [0, 0.1) is 5.82 Å². The number of nitrogens with two attached hydrogens (primary N) is 1. The van der Waals surface area contributed by atoms with Gasteiger partial charge in [-0.05, 0) is 50.9 Å². The summed E-state index contributed by atoms with van der Waals surface area (Å²) >= 11 is 0. The highest BCUT2D eigenvalue weighted by Crippen LogP contribution is 2.27. The van der Waals surface area contributed by atoms with E-state index >= 15 is 0 Å². The fourth-order valence-corrected chi connectivity index (χ4v) is 3.57. The van der Waals surface area contributed by atoms with Crippen LogP contribution in [-0.4, -0.2) is 53.0 Å². The lowest BCUT2D eigenvalue weighted by Gasteiger charge is -2.35. The Morgan fingerprint density at radius 1 is 1.24 bits per heavy atom. The van der Waals surface area contributed by atoms with Gasteiger partial charge in [0.05, 0.1) is 6.20 Å². The van der Waals surface area contributed by atoms with E-state index in [4.69, 9.17) is 5.73 Å². The van der Waals surface area contributed by atoms with Crippen molar-refractivity contribution in [2.24, 2.45) is 5.73 Å². The van der Waals surface area contributed by atoms with Crippen LogP contribution in [0.4, 0.5) is 4.39 Å². The molecule has 1 aromatic rings. The average Bonchev–Trinajstić information content (AvgIpc) is 2.97. The van der Waals surface area contributed by atoms with Crippen molar-refractivity contribution in [1.82, 2.24) is 14.8 Å². The van der Waals surface area contributed by atoms with E-state index in [2.05, 4.69) is 21.7 Å². The van der Waals surface area contributed by atoms with Crippen LogP contribution in [-0.2, 0) is 0 Å². The molecule has 0 aromatic carbocycles. The van der Waals surface area contributed by atoms with Gasteiger partial charge in [0.2, 0.25) is 0 Å². The molecule has 2 aliphatic heterocycles. The molecule has 2 atom stereocenters. The lowest BCUT2D eigenvalue weighted by molar-refractivity contribution is 0.145.